The molecule has 0 saturated heterocycles. The number of benzene rings is 2. The molecule has 3 aromatic rings. The largest absolute Gasteiger partial charge is 0.515 e. The minimum absolute atomic E-state index is 0.294. The first-order valence-electron chi connectivity index (χ1n) is 11.2. The molecule has 2 N–H and O–H groups in total. The van der Waals surface area contributed by atoms with Gasteiger partial charge in [0, 0.05) is 29.1 Å². The maximum Gasteiger partial charge on any atom is 0.515 e. The Hall–Kier alpha value is -3.05. The van der Waals surface area contributed by atoms with Crippen LogP contribution in [0, 0.1) is 0 Å². The van der Waals surface area contributed by atoms with Gasteiger partial charge in [0.2, 0.25) is 5.88 Å². The van der Waals surface area contributed by atoms with Crippen LogP contribution in [0.25, 0.3) is 16.5 Å². The van der Waals surface area contributed by atoms with Gasteiger partial charge in [-0.25, -0.2) is 4.79 Å². The summed E-state index contributed by atoms with van der Waals surface area (Å²) in [7, 11) is 0. The highest BCUT2D eigenvalue weighted by atomic mass is 16.7. The van der Waals surface area contributed by atoms with Gasteiger partial charge in [0.15, 0.2) is 0 Å². The van der Waals surface area contributed by atoms with Crippen LogP contribution in [0.5, 0.6) is 5.88 Å². The first-order valence-corrected chi connectivity index (χ1v) is 11.2. The molecule has 0 saturated carbocycles. The van der Waals surface area contributed by atoms with Gasteiger partial charge >= 0.3 is 6.16 Å². The quantitative estimate of drug-likeness (QED) is 0.355. The number of nitrogens with one attached hydrogen (secondary N) is 2. The number of para-hydroxylation sites is 1. The van der Waals surface area contributed by atoms with Crippen LogP contribution in [0.4, 0.5) is 4.79 Å². The lowest BCUT2D eigenvalue weighted by molar-refractivity contribution is 0.102. The summed E-state index contributed by atoms with van der Waals surface area (Å²) >= 11 is 0. The Morgan fingerprint density at radius 2 is 1.87 bits per heavy atom. The molecule has 31 heavy (non-hydrogen) atoms. The van der Waals surface area contributed by atoms with Crippen molar-refractivity contribution in [1.29, 1.82) is 0 Å². The topological polar surface area (TPSA) is 63.4 Å². The number of hydrogen-bond acceptors (Lipinski definition) is 4. The summed E-state index contributed by atoms with van der Waals surface area (Å²) in [6, 6.07) is 19.2. The molecule has 1 aliphatic rings. The lowest BCUT2D eigenvalue weighted by Gasteiger charge is -2.24. The van der Waals surface area contributed by atoms with E-state index in [2.05, 4.69) is 52.8 Å². The molecular formula is C26H30N2O3. The Bertz CT molecular complexity index is 1040. The van der Waals surface area contributed by atoms with Gasteiger partial charge in [-0.1, -0.05) is 61.0 Å². The molecule has 0 bridgehead atoms. The molecule has 0 aliphatic carbocycles. The van der Waals surface area contributed by atoms with Crippen LogP contribution in [0.2, 0.25) is 0 Å². The maximum absolute atomic E-state index is 11.8. The molecule has 5 nitrogen and oxygen atoms in total. The van der Waals surface area contributed by atoms with Crippen molar-refractivity contribution in [2.45, 2.75) is 45.1 Å². The third kappa shape index (κ3) is 5.36. The van der Waals surface area contributed by atoms with E-state index in [-0.39, 0.29) is 0 Å². The van der Waals surface area contributed by atoms with E-state index in [1.807, 2.05) is 18.2 Å². The number of carbonyl (C=O) groups is 1. The third-order valence-electron chi connectivity index (χ3n) is 5.82. The van der Waals surface area contributed by atoms with E-state index in [9.17, 15) is 4.79 Å². The van der Waals surface area contributed by atoms with Crippen LogP contribution in [0.1, 0.15) is 43.7 Å². The summed E-state index contributed by atoms with van der Waals surface area (Å²) < 4.78 is 10.4. The zero-order chi connectivity index (χ0) is 21.5. The van der Waals surface area contributed by atoms with Gasteiger partial charge < -0.3 is 19.8 Å². The van der Waals surface area contributed by atoms with Gasteiger partial charge in [0.05, 0.1) is 6.61 Å². The monoisotopic (exact) mass is 418 g/mol. The summed E-state index contributed by atoms with van der Waals surface area (Å²) in [6.07, 6.45) is 6.82. The molecule has 162 valence electrons. The van der Waals surface area contributed by atoms with Gasteiger partial charge in [0.25, 0.3) is 0 Å². The van der Waals surface area contributed by atoms with Crippen molar-refractivity contribution >= 4 is 22.6 Å². The zero-order valence-electron chi connectivity index (χ0n) is 18.0. The number of unbranched alkanes of at least 4 members (excludes halogenated alkanes) is 1. The predicted octanol–water partition coefficient (Wildman–Crippen LogP) is 5.86. The summed E-state index contributed by atoms with van der Waals surface area (Å²) in [5, 5.41) is 4.73. The molecular weight excluding hydrogens is 388 g/mol. The number of aromatic amines is 1. The summed E-state index contributed by atoms with van der Waals surface area (Å²) in [5.41, 5.74) is 4.79. The fourth-order valence-corrected chi connectivity index (χ4v) is 4.30. The molecule has 0 radical (unpaired) electrons. The van der Waals surface area contributed by atoms with Crippen molar-refractivity contribution in [3.8, 4) is 5.88 Å². The second-order valence-electron chi connectivity index (χ2n) is 7.91. The fraction of sp³-hybridized carbons (Fsp3) is 0.346. The van der Waals surface area contributed by atoms with E-state index in [0.29, 0.717) is 18.5 Å². The lowest BCUT2D eigenvalue weighted by atomic mass is 9.92. The molecule has 0 amide bonds. The minimum Gasteiger partial charge on any atom is -0.434 e. The normalized spacial score (nSPS) is 16.2. The molecule has 1 unspecified atom stereocenters. The molecule has 2 heterocycles. The van der Waals surface area contributed by atoms with Crippen LogP contribution in [-0.2, 0) is 11.2 Å². The molecule has 1 aromatic heterocycles. The van der Waals surface area contributed by atoms with Gasteiger partial charge in [-0.05, 0) is 49.8 Å². The van der Waals surface area contributed by atoms with E-state index in [1.54, 1.807) is 6.92 Å². The zero-order valence-corrected chi connectivity index (χ0v) is 18.0. The third-order valence-corrected chi connectivity index (χ3v) is 5.82. The van der Waals surface area contributed by atoms with Crippen molar-refractivity contribution in [2.24, 2.45) is 0 Å². The lowest BCUT2D eigenvalue weighted by Crippen LogP contribution is -2.32. The Labute approximate surface area is 183 Å². The molecule has 0 fully saturated rings. The molecule has 4 rings (SSSR count). The number of hydrogen-bond donors (Lipinski definition) is 2. The summed E-state index contributed by atoms with van der Waals surface area (Å²) in [5.74, 6) is 0.504. The number of fused-ring (bicyclic) bond motifs is 1. The van der Waals surface area contributed by atoms with E-state index in [4.69, 9.17) is 9.47 Å². The molecule has 1 aliphatic heterocycles. The first kappa shape index (κ1) is 21.2. The van der Waals surface area contributed by atoms with Gasteiger partial charge in [-0.15, -0.1) is 0 Å². The van der Waals surface area contributed by atoms with E-state index >= 15 is 0 Å². The van der Waals surface area contributed by atoms with Gasteiger partial charge in [-0.3, -0.25) is 0 Å². The minimum atomic E-state index is -0.665. The standard InChI is InChI=1S/C26H30N2O3/c1-2-30-26(29)31-25-23(22-13-8-9-15-24(22)28-25)14-7-6-12-21-18-20(16-17-27-21)19-10-4-3-5-11-19/h3-5,8-11,13,15-16,21,27-28H,2,6-7,12,14,17-18H2,1H3. The number of H-pyrrole nitrogens is 1. The average molecular weight is 419 g/mol. The average Bonchev–Trinajstić information content (AvgIpc) is 3.14. The molecule has 5 heteroatoms. The number of aromatic nitrogens is 1. The van der Waals surface area contributed by atoms with Crippen LogP contribution in [-0.4, -0.2) is 30.3 Å². The number of aryl methyl sites for hydroxylation is 1. The Kier molecular flexibility index (Phi) is 7.05. The SMILES string of the molecule is CCOC(=O)Oc1[nH]c2ccccc2c1CCCCC1CC(c2ccccc2)=CCN1. The van der Waals surface area contributed by atoms with E-state index < -0.39 is 6.16 Å². The van der Waals surface area contributed by atoms with Crippen molar-refractivity contribution in [1.82, 2.24) is 10.3 Å². The Balaban J connectivity index is 1.34. The summed E-state index contributed by atoms with van der Waals surface area (Å²) in [4.78, 5) is 15.1. The summed E-state index contributed by atoms with van der Waals surface area (Å²) in [6.45, 7) is 2.99. The molecule has 0 spiro atoms. The van der Waals surface area contributed by atoms with Crippen LogP contribution in [0.3, 0.4) is 0 Å². The highest BCUT2D eigenvalue weighted by Crippen LogP contribution is 2.30. The van der Waals surface area contributed by atoms with Crippen LogP contribution >= 0.6 is 0 Å². The highest BCUT2D eigenvalue weighted by molar-refractivity contribution is 5.86. The highest BCUT2D eigenvalue weighted by Gasteiger charge is 2.18. The van der Waals surface area contributed by atoms with Crippen molar-refractivity contribution in [3.63, 3.8) is 0 Å². The van der Waals surface area contributed by atoms with Crippen molar-refractivity contribution in [3.05, 3.63) is 71.8 Å². The van der Waals surface area contributed by atoms with Gasteiger partial charge in [0.1, 0.15) is 0 Å². The first-order chi connectivity index (χ1) is 15.2. The van der Waals surface area contributed by atoms with E-state index in [1.165, 1.54) is 11.1 Å². The fourth-order valence-electron chi connectivity index (χ4n) is 4.30. The van der Waals surface area contributed by atoms with Crippen LogP contribution in [0.15, 0.2) is 60.7 Å². The maximum atomic E-state index is 11.8. The number of rotatable bonds is 8. The second kappa shape index (κ2) is 10.3. The van der Waals surface area contributed by atoms with Crippen molar-refractivity contribution in [2.75, 3.05) is 13.2 Å². The number of carbonyl (C=O) groups excluding carboxylic acids is 1. The molecule has 1 atom stereocenters. The van der Waals surface area contributed by atoms with Crippen molar-refractivity contribution < 1.29 is 14.3 Å². The number of ether oxygens (including phenoxy) is 2. The van der Waals surface area contributed by atoms with Gasteiger partial charge in [-0.2, -0.15) is 0 Å². The van der Waals surface area contributed by atoms with Crippen LogP contribution < -0.4 is 10.1 Å². The Morgan fingerprint density at radius 3 is 2.71 bits per heavy atom. The van der Waals surface area contributed by atoms with E-state index in [0.717, 1.165) is 55.1 Å². The molecule has 2 aromatic carbocycles. The predicted molar refractivity (Wildman–Crippen MR) is 124 cm³/mol. The smallest absolute Gasteiger partial charge is 0.434 e. The second-order valence-corrected chi connectivity index (χ2v) is 7.91. The Morgan fingerprint density at radius 1 is 1.06 bits per heavy atom.